The molecule has 0 saturated heterocycles. The average molecular weight is 570 g/mol. The summed E-state index contributed by atoms with van der Waals surface area (Å²) < 4.78 is 0. The summed E-state index contributed by atoms with van der Waals surface area (Å²) in [7, 11) is 3.44. The van der Waals surface area contributed by atoms with E-state index in [9.17, 15) is 24.6 Å². The van der Waals surface area contributed by atoms with Crippen LogP contribution in [-0.4, -0.2) is 92.9 Å². The first-order valence-corrected chi connectivity index (χ1v) is 14.0. The average Bonchev–Trinajstić information content (AvgIpc) is 2.96. The molecular formula is C29H43N7O5. The number of carbonyl (C=O) groups excluding carboxylic acids is 3. The highest BCUT2D eigenvalue weighted by atomic mass is 16.3. The molecule has 0 aromatic heterocycles. The predicted octanol–water partition coefficient (Wildman–Crippen LogP) is -0.915. The van der Waals surface area contributed by atoms with Gasteiger partial charge in [0, 0.05) is 39.0 Å². The van der Waals surface area contributed by atoms with E-state index in [4.69, 9.17) is 5.73 Å². The van der Waals surface area contributed by atoms with E-state index in [1.165, 1.54) is 0 Å². The van der Waals surface area contributed by atoms with Crippen molar-refractivity contribution in [2.75, 3.05) is 46.8 Å². The van der Waals surface area contributed by atoms with Crippen molar-refractivity contribution in [3.05, 3.63) is 47.5 Å². The van der Waals surface area contributed by atoms with Crippen LogP contribution in [0.3, 0.4) is 0 Å². The maximum Gasteiger partial charge on any atom is 0.243 e. The van der Waals surface area contributed by atoms with Crippen LogP contribution < -0.4 is 37.6 Å². The monoisotopic (exact) mass is 569 g/mol. The van der Waals surface area contributed by atoms with E-state index < -0.39 is 35.8 Å². The number of rotatable bonds is 11. The van der Waals surface area contributed by atoms with Crippen LogP contribution >= 0.6 is 0 Å². The summed E-state index contributed by atoms with van der Waals surface area (Å²) in [5.41, 5.74) is 8.04. The Hall–Kier alpha value is -3.71. The first kappa shape index (κ1) is 31.8. The summed E-state index contributed by atoms with van der Waals surface area (Å²) in [5, 5.41) is 38.9. The number of aromatic hydroxyl groups is 2. The molecule has 12 heteroatoms. The van der Waals surface area contributed by atoms with Gasteiger partial charge in [-0.15, -0.1) is 0 Å². The third kappa shape index (κ3) is 9.15. The van der Waals surface area contributed by atoms with Crippen molar-refractivity contribution in [1.82, 2.24) is 31.9 Å². The van der Waals surface area contributed by atoms with E-state index in [1.807, 2.05) is 0 Å². The Morgan fingerprint density at radius 2 is 1.56 bits per heavy atom. The molecule has 0 unspecified atom stereocenters. The summed E-state index contributed by atoms with van der Waals surface area (Å²) in [5.74, 6) is -1.28. The van der Waals surface area contributed by atoms with Crippen molar-refractivity contribution in [3.63, 3.8) is 0 Å². The van der Waals surface area contributed by atoms with Gasteiger partial charge in [-0.2, -0.15) is 0 Å². The molecule has 0 spiro atoms. The van der Waals surface area contributed by atoms with Crippen LogP contribution in [0, 0.1) is 0 Å². The molecule has 3 amide bonds. The summed E-state index contributed by atoms with van der Waals surface area (Å²) in [6.07, 6.45) is 1.15. The number of likely N-dealkylation sites (N-methyl/N-ethyl adjacent to an activating group) is 1. The minimum absolute atomic E-state index is 0.0113. The molecule has 3 rings (SSSR count). The van der Waals surface area contributed by atoms with E-state index in [1.54, 1.807) is 50.5 Å². The molecule has 3 atom stereocenters. The van der Waals surface area contributed by atoms with Crippen LogP contribution in [0.15, 0.2) is 36.4 Å². The van der Waals surface area contributed by atoms with Gasteiger partial charge in [0.15, 0.2) is 0 Å². The number of nitrogens with two attached hydrogens (primary N) is 1. The van der Waals surface area contributed by atoms with Crippen LogP contribution in [0.4, 0.5) is 0 Å². The largest absolute Gasteiger partial charge is 0.508 e. The Morgan fingerprint density at radius 3 is 2.17 bits per heavy atom. The Labute approximate surface area is 240 Å². The second-order valence-electron chi connectivity index (χ2n) is 10.1. The number of hydrogen-bond acceptors (Lipinski definition) is 9. The van der Waals surface area contributed by atoms with Crippen LogP contribution in [0.1, 0.15) is 24.0 Å². The molecule has 10 N–H and O–H groups in total. The number of amides is 3. The molecule has 41 heavy (non-hydrogen) atoms. The minimum Gasteiger partial charge on any atom is -0.508 e. The van der Waals surface area contributed by atoms with Gasteiger partial charge in [-0.3, -0.25) is 14.4 Å². The maximum atomic E-state index is 13.6. The first-order chi connectivity index (χ1) is 19.8. The van der Waals surface area contributed by atoms with Crippen molar-refractivity contribution in [2.24, 2.45) is 5.73 Å². The van der Waals surface area contributed by atoms with Crippen molar-refractivity contribution < 1.29 is 24.6 Å². The van der Waals surface area contributed by atoms with Gasteiger partial charge in [0.05, 0.1) is 6.04 Å². The molecule has 0 saturated carbocycles. The molecule has 2 aromatic carbocycles. The third-order valence-corrected chi connectivity index (χ3v) is 7.11. The molecule has 2 aromatic rings. The van der Waals surface area contributed by atoms with Gasteiger partial charge in [0.1, 0.15) is 23.6 Å². The van der Waals surface area contributed by atoms with Gasteiger partial charge in [0.25, 0.3) is 0 Å². The maximum absolute atomic E-state index is 13.6. The zero-order valence-electron chi connectivity index (χ0n) is 23.8. The van der Waals surface area contributed by atoms with Crippen molar-refractivity contribution in [2.45, 2.75) is 43.8 Å². The Kier molecular flexibility index (Phi) is 12.3. The molecule has 0 aliphatic carbocycles. The lowest BCUT2D eigenvalue weighted by molar-refractivity contribution is -0.132. The SMILES string of the molecule is CNCCC[C@@H]1NC(=O)[C@@H](NC)Cc2cc(ccc2O)-c2ccc(O)c(c2)C[C@@H](C(=O)NCCNCCN)NC1=O. The van der Waals surface area contributed by atoms with E-state index in [0.717, 1.165) is 11.1 Å². The van der Waals surface area contributed by atoms with Crippen molar-refractivity contribution in [1.29, 1.82) is 0 Å². The summed E-state index contributed by atoms with van der Waals surface area (Å²) in [4.78, 5) is 40.2. The minimum atomic E-state index is -1.01. The molecule has 224 valence electrons. The van der Waals surface area contributed by atoms with Crippen molar-refractivity contribution >= 4 is 17.7 Å². The Morgan fingerprint density at radius 1 is 0.902 bits per heavy atom. The fourth-order valence-corrected chi connectivity index (χ4v) is 4.75. The quantitative estimate of drug-likeness (QED) is 0.154. The zero-order chi connectivity index (χ0) is 29.8. The summed E-state index contributed by atoms with van der Waals surface area (Å²) in [6, 6.07) is 7.53. The normalized spacial score (nSPS) is 19.4. The van der Waals surface area contributed by atoms with Crippen LogP contribution in [-0.2, 0) is 27.2 Å². The van der Waals surface area contributed by atoms with E-state index >= 15 is 0 Å². The number of hydrogen-bond donors (Lipinski definition) is 9. The van der Waals surface area contributed by atoms with Gasteiger partial charge in [-0.05, 0) is 80.0 Å². The highest BCUT2D eigenvalue weighted by Gasteiger charge is 2.30. The van der Waals surface area contributed by atoms with Gasteiger partial charge < -0.3 is 47.8 Å². The fourth-order valence-electron chi connectivity index (χ4n) is 4.75. The zero-order valence-corrected chi connectivity index (χ0v) is 23.8. The summed E-state index contributed by atoms with van der Waals surface area (Å²) in [6.45, 7) is 2.54. The number of benzene rings is 2. The molecule has 1 aliphatic rings. The number of fused-ring (bicyclic) bond motifs is 5. The standard InChI is InChI=1S/C29H43N7O5/c1-31-10-3-4-22-28(40)36-24(27(39)34-13-12-33-11-9-30)17-21-15-19(6-8-26(21)38)18-5-7-25(37)20(14-18)16-23(32-2)29(41)35-22/h5-8,14-15,22-24,31-33,37-38H,3-4,9-13,16-17,30H2,1-2H3,(H,34,39)(H,35,41)(H,36,40)/t22-,23-,24-/m0/s1. The smallest absolute Gasteiger partial charge is 0.243 e. The lowest BCUT2D eigenvalue weighted by Crippen LogP contribution is -2.57. The number of carbonyl (C=O) groups is 3. The molecule has 4 bridgehead atoms. The topological polar surface area (TPSA) is 190 Å². The van der Waals surface area contributed by atoms with Crippen LogP contribution in [0.5, 0.6) is 11.5 Å². The summed E-state index contributed by atoms with van der Waals surface area (Å²) >= 11 is 0. The van der Waals surface area contributed by atoms with E-state index in [0.29, 0.717) is 56.7 Å². The van der Waals surface area contributed by atoms with Gasteiger partial charge >= 0.3 is 0 Å². The van der Waals surface area contributed by atoms with Gasteiger partial charge in [-0.25, -0.2) is 0 Å². The first-order valence-electron chi connectivity index (χ1n) is 14.0. The molecule has 0 fully saturated rings. The third-order valence-electron chi connectivity index (χ3n) is 7.11. The molecule has 12 nitrogen and oxygen atoms in total. The Balaban J connectivity index is 2.01. The predicted molar refractivity (Wildman–Crippen MR) is 157 cm³/mol. The van der Waals surface area contributed by atoms with E-state index in [2.05, 4.69) is 31.9 Å². The van der Waals surface area contributed by atoms with E-state index in [-0.39, 0.29) is 24.3 Å². The molecule has 1 aliphatic heterocycles. The number of nitrogens with one attached hydrogen (secondary N) is 6. The molecular weight excluding hydrogens is 526 g/mol. The molecule has 1 heterocycles. The van der Waals surface area contributed by atoms with Crippen LogP contribution in [0.2, 0.25) is 0 Å². The van der Waals surface area contributed by atoms with Crippen molar-refractivity contribution in [3.8, 4) is 22.6 Å². The van der Waals surface area contributed by atoms with Gasteiger partial charge in [0.2, 0.25) is 17.7 Å². The Bertz CT molecular complexity index is 1190. The lowest BCUT2D eigenvalue weighted by Gasteiger charge is -2.25. The van der Waals surface area contributed by atoms with Crippen LogP contribution in [0.25, 0.3) is 11.1 Å². The molecule has 0 radical (unpaired) electrons. The number of phenolic OH excluding ortho intramolecular Hbond substituents is 2. The lowest BCUT2D eigenvalue weighted by atomic mass is 9.95. The highest BCUT2D eigenvalue weighted by Crippen LogP contribution is 2.31. The highest BCUT2D eigenvalue weighted by molar-refractivity contribution is 5.93. The van der Waals surface area contributed by atoms with Gasteiger partial charge in [-0.1, -0.05) is 12.1 Å². The number of phenols is 2. The fraction of sp³-hybridized carbons (Fsp3) is 0.483. The second-order valence-corrected chi connectivity index (χ2v) is 10.1. The second kappa shape index (κ2) is 15.9.